The molecule has 2 heterocycles. The third kappa shape index (κ3) is 5.19. The smallest absolute Gasteiger partial charge is 0.338 e. The molecular formula is C30H23FN4O3S. The third-order valence-electron chi connectivity index (χ3n) is 6.17. The molecule has 0 bridgehead atoms. The zero-order chi connectivity index (χ0) is 27.4. The van der Waals surface area contributed by atoms with E-state index in [-0.39, 0.29) is 40.7 Å². The Balaban J connectivity index is 1.58. The van der Waals surface area contributed by atoms with Crippen molar-refractivity contribution >= 4 is 28.6 Å². The molecule has 0 spiro atoms. The van der Waals surface area contributed by atoms with Crippen molar-refractivity contribution in [2.75, 3.05) is 12.4 Å². The first-order valence-electron chi connectivity index (χ1n) is 12.2. The maximum absolute atomic E-state index is 15.0. The lowest BCUT2D eigenvalue weighted by molar-refractivity contribution is -0.139. The summed E-state index contributed by atoms with van der Waals surface area (Å²) in [5.74, 6) is -2.34. The molecule has 3 aromatic carbocycles. The minimum absolute atomic E-state index is 0.0178. The maximum atomic E-state index is 15.0. The number of carbonyl (C=O) groups is 1. The molecule has 4 aromatic rings. The molecule has 7 nitrogen and oxygen atoms in total. The van der Waals surface area contributed by atoms with Crippen LogP contribution in [-0.4, -0.2) is 28.3 Å². The van der Waals surface area contributed by atoms with Crippen LogP contribution in [0, 0.1) is 17.1 Å². The largest absolute Gasteiger partial charge is 0.463 e. The fourth-order valence-electron chi connectivity index (χ4n) is 4.44. The van der Waals surface area contributed by atoms with Gasteiger partial charge in [-0.15, -0.1) is 0 Å². The van der Waals surface area contributed by atoms with Crippen LogP contribution in [0.3, 0.4) is 0 Å². The second-order valence-corrected chi connectivity index (χ2v) is 9.47. The Morgan fingerprint density at radius 2 is 1.79 bits per heavy atom. The molecule has 1 aliphatic heterocycles. The van der Waals surface area contributed by atoms with Gasteiger partial charge in [0.2, 0.25) is 5.88 Å². The molecule has 0 amide bonds. The fourth-order valence-corrected chi connectivity index (χ4v) is 5.24. The molecule has 9 heteroatoms. The van der Waals surface area contributed by atoms with Crippen LogP contribution in [0.1, 0.15) is 18.4 Å². The van der Waals surface area contributed by atoms with Gasteiger partial charge in [-0.3, -0.25) is 0 Å². The van der Waals surface area contributed by atoms with Gasteiger partial charge in [0, 0.05) is 16.5 Å². The van der Waals surface area contributed by atoms with Crippen molar-refractivity contribution < 1.29 is 18.7 Å². The number of esters is 1. The predicted molar refractivity (Wildman–Crippen MR) is 146 cm³/mol. The molecule has 0 saturated heterocycles. The van der Waals surface area contributed by atoms with Gasteiger partial charge in [-0.1, -0.05) is 78.5 Å². The van der Waals surface area contributed by atoms with E-state index in [2.05, 4.69) is 0 Å². The predicted octanol–water partition coefficient (Wildman–Crippen LogP) is 5.85. The lowest BCUT2D eigenvalue weighted by Crippen LogP contribution is -2.27. The summed E-state index contributed by atoms with van der Waals surface area (Å²) >= 11 is 1.23. The Bertz CT molecular complexity index is 1660. The van der Waals surface area contributed by atoms with Crippen LogP contribution in [0.5, 0.6) is 0 Å². The molecule has 0 aliphatic carbocycles. The summed E-state index contributed by atoms with van der Waals surface area (Å²) in [6.45, 7) is 1.75. The van der Waals surface area contributed by atoms with Gasteiger partial charge in [-0.05, 0) is 19.1 Å². The van der Waals surface area contributed by atoms with Crippen molar-refractivity contribution in [3.63, 3.8) is 0 Å². The highest BCUT2D eigenvalue weighted by Gasteiger charge is 2.39. The summed E-state index contributed by atoms with van der Waals surface area (Å²) in [7, 11) is 0. The number of carbonyl (C=O) groups excluding carboxylic acids is 1. The number of para-hydroxylation sites is 1. The third-order valence-corrected chi connectivity index (χ3v) is 7.02. The van der Waals surface area contributed by atoms with Gasteiger partial charge in [0.1, 0.15) is 23.2 Å². The van der Waals surface area contributed by atoms with E-state index in [4.69, 9.17) is 25.2 Å². The van der Waals surface area contributed by atoms with Crippen LogP contribution in [0.15, 0.2) is 107 Å². The normalized spacial score (nSPS) is 15.2. The van der Waals surface area contributed by atoms with Crippen molar-refractivity contribution in [2.24, 2.45) is 5.73 Å². The summed E-state index contributed by atoms with van der Waals surface area (Å²) in [6.07, 6.45) is 0. The van der Waals surface area contributed by atoms with Gasteiger partial charge in [0.25, 0.3) is 0 Å². The Morgan fingerprint density at radius 3 is 2.54 bits per heavy atom. The highest BCUT2D eigenvalue weighted by atomic mass is 32.2. The average molecular weight is 539 g/mol. The number of nitriles is 1. The lowest BCUT2D eigenvalue weighted by atomic mass is 9.83. The summed E-state index contributed by atoms with van der Waals surface area (Å²) < 4.78 is 26.1. The van der Waals surface area contributed by atoms with Crippen molar-refractivity contribution in [3.05, 3.63) is 113 Å². The van der Waals surface area contributed by atoms with E-state index in [1.54, 1.807) is 13.0 Å². The van der Waals surface area contributed by atoms with Crippen LogP contribution in [-0.2, 0) is 14.3 Å². The molecule has 5 rings (SSSR count). The van der Waals surface area contributed by atoms with Crippen molar-refractivity contribution in [1.82, 2.24) is 9.97 Å². The average Bonchev–Trinajstić information content (AvgIpc) is 2.96. The number of fused-ring (bicyclic) bond motifs is 1. The molecule has 1 aliphatic rings. The molecular weight excluding hydrogens is 515 g/mol. The number of allylic oxidation sites excluding steroid dienone is 1. The number of rotatable bonds is 7. The quantitative estimate of drug-likeness (QED) is 0.177. The van der Waals surface area contributed by atoms with Crippen LogP contribution in [0.4, 0.5) is 4.39 Å². The molecule has 39 heavy (non-hydrogen) atoms. The number of ether oxygens (including phenoxy) is 2. The van der Waals surface area contributed by atoms with Crippen LogP contribution in [0.25, 0.3) is 22.2 Å². The van der Waals surface area contributed by atoms with Crippen molar-refractivity contribution in [3.8, 4) is 17.3 Å². The number of aromatic nitrogens is 2. The monoisotopic (exact) mass is 538 g/mol. The summed E-state index contributed by atoms with van der Waals surface area (Å²) in [4.78, 5) is 22.7. The minimum atomic E-state index is -1.09. The van der Waals surface area contributed by atoms with Gasteiger partial charge < -0.3 is 15.2 Å². The SMILES string of the molecule is CCOC(=O)C1=C(CSc2nc(-c3ccccc3)c3ccccc3n2)OC(N)=C(C#N)[C@@H]1c1ccccc1F. The number of benzene rings is 3. The number of nitrogens with two attached hydrogens (primary N) is 1. The summed E-state index contributed by atoms with van der Waals surface area (Å²) in [5, 5.41) is 11.2. The molecule has 1 atom stereocenters. The molecule has 1 aromatic heterocycles. The Kier molecular flexibility index (Phi) is 7.57. The first-order valence-corrected chi connectivity index (χ1v) is 13.2. The van der Waals surface area contributed by atoms with E-state index in [9.17, 15) is 14.4 Å². The second kappa shape index (κ2) is 11.4. The van der Waals surface area contributed by atoms with E-state index >= 15 is 0 Å². The fraction of sp³-hybridized carbons (Fsp3) is 0.133. The van der Waals surface area contributed by atoms with E-state index < -0.39 is 17.7 Å². The molecule has 0 unspecified atom stereocenters. The highest BCUT2D eigenvalue weighted by Crippen LogP contribution is 2.42. The molecule has 0 saturated carbocycles. The number of halogens is 1. The maximum Gasteiger partial charge on any atom is 0.338 e. The summed E-state index contributed by atoms with van der Waals surface area (Å²) in [6, 6.07) is 25.4. The second-order valence-electron chi connectivity index (χ2n) is 8.53. The van der Waals surface area contributed by atoms with Gasteiger partial charge in [0.05, 0.1) is 35.1 Å². The first kappa shape index (κ1) is 25.9. The molecule has 2 N–H and O–H groups in total. The first-order chi connectivity index (χ1) is 19.0. The topological polar surface area (TPSA) is 111 Å². The molecule has 0 fully saturated rings. The number of nitrogens with zero attached hydrogens (tertiary/aromatic N) is 3. The van der Waals surface area contributed by atoms with E-state index in [1.807, 2.05) is 60.7 Å². The standard InChI is InChI=1S/C30H23FN4O3S/c1-2-37-29(36)26-24(38-28(33)21(16-32)25(26)19-12-6-8-14-22(19)31)17-39-30-34-23-15-9-7-13-20(23)27(35-30)18-10-4-3-5-11-18/h3-15,25H,2,17,33H2,1H3/t25-/m0/s1. The number of hydrogen-bond donors (Lipinski definition) is 1. The number of hydrogen-bond acceptors (Lipinski definition) is 8. The van der Waals surface area contributed by atoms with Crippen molar-refractivity contribution in [1.29, 1.82) is 5.26 Å². The lowest BCUT2D eigenvalue weighted by Gasteiger charge is -2.28. The molecule has 0 radical (unpaired) electrons. The Hall–Kier alpha value is -4.68. The number of thioether (sulfide) groups is 1. The summed E-state index contributed by atoms with van der Waals surface area (Å²) in [5.41, 5.74) is 8.66. The van der Waals surface area contributed by atoms with E-state index in [0.29, 0.717) is 5.16 Å². The Labute approximate surface area is 228 Å². The van der Waals surface area contributed by atoms with Gasteiger partial charge >= 0.3 is 5.97 Å². The van der Waals surface area contributed by atoms with E-state index in [0.717, 1.165) is 22.2 Å². The van der Waals surface area contributed by atoms with Crippen LogP contribution >= 0.6 is 11.8 Å². The zero-order valence-electron chi connectivity index (χ0n) is 20.9. The van der Waals surface area contributed by atoms with E-state index in [1.165, 1.54) is 30.0 Å². The van der Waals surface area contributed by atoms with Crippen LogP contribution in [0.2, 0.25) is 0 Å². The minimum Gasteiger partial charge on any atom is -0.463 e. The highest BCUT2D eigenvalue weighted by molar-refractivity contribution is 7.99. The van der Waals surface area contributed by atoms with Gasteiger partial charge in [-0.25, -0.2) is 19.2 Å². The zero-order valence-corrected chi connectivity index (χ0v) is 21.7. The molecule has 194 valence electrons. The Morgan fingerprint density at radius 1 is 1.08 bits per heavy atom. The van der Waals surface area contributed by atoms with Crippen LogP contribution < -0.4 is 5.73 Å². The van der Waals surface area contributed by atoms with Gasteiger partial charge in [0.15, 0.2) is 5.16 Å². The van der Waals surface area contributed by atoms with Crippen molar-refractivity contribution in [2.45, 2.75) is 18.0 Å². The van der Waals surface area contributed by atoms with Gasteiger partial charge in [-0.2, -0.15) is 5.26 Å².